The molecule has 0 unspecified atom stereocenters. The summed E-state index contributed by atoms with van der Waals surface area (Å²) in [6, 6.07) is 12.9. The Balaban J connectivity index is 1.75. The zero-order chi connectivity index (χ0) is 19.6. The molecule has 3 rings (SSSR count). The summed E-state index contributed by atoms with van der Waals surface area (Å²) < 4.78 is 27.3. The zero-order valence-corrected chi connectivity index (χ0v) is 16.9. The molecule has 0 bridgehead atoms. The number of benzene rings is 2. The summed E-state index contributed by atoms with van der Waals surface area (Å²) in [4.78, 5) is 12.6. The third kappa shape index (κ3) is 4.69. The number of rotatable bonds is 4. The van der Waals surface area contributed by atoms with Crippen molar-refractivity contribution in [3.8, 4) is 0 Å². The van der Waals surface area contributed by atoms with E-state index in [-0.39, 0.29) is 10.8 Å². The Morgan fingerprint density at radius 1 is 1.07 bits per heavy atom. The van der Waals surface area contributed by atoms with Gasteiger partial charge in [0.25, 0.3) is 5.91 Å². The minimum absolute atomic E-state index is 0.211. The van der Waals surface area contributed by atoms with Gasteiger partial charge in [0.1, 0.15) is 0 Å². The molecule has 0 radical (unpaired) electrons. The van der Waals surface area contributed by atoms with E-state index in [1.807, 2.05) is 0 Å². The minimum atomic E-state index is -3.55. The van der Waals surface area contributed by atoms with Crippen LogP contribution in [0.2, 0.25) is 5.02 Å². The number of anilines is 1. The van der Waals surface area contributed by atoms with E-state index >= 15 is 0 Å². The van der Waals surface area contributed by atoms with Crippen molar-refractivity contribution in [1.82, 2.24) is 4.31 Å². The topological polar surface area (TPSA) is 66.5 Å². The lowest BCUT2D eigenvalue weighted by Crippen LogP contribution is -2.42. The molecule has 1 aliphatic rings. The molecule has 0 spiro atoms. The number of hydrogen-bond donors (Lipinski definition) is 1. The highest BCUT2D eigenvalue weighted by Gasteiger charge is 2.31. The molecule has 27 heavy (non-hydrogen) atoms. The molecule has 2 aromatic rings. The predicted molar refractivity (Wildman–Crippen MR) is 108 cm³/mol. The van der Waals surface area contributed by atoms with Crippen LogP contribution in [0.3, 0.4) is 0 Å². The smallest absolute Gasteiger partial charge is 0.255 e. The summed E-state index contributed by atoms with van der Waals surface area (Å²) >= 11 is 5.92. The quantitative estimate of drug-likeness (QED) is 0.824. The third-order valence-electron chi connectivity index (χ3n) is 4.67. The average molecular weight is 407 g/mol. The first-order valence-electron chi connectivity index (χ1n) is 8.93. The summed E-state index contributed by atoms with van der Waals surface area (Å²) in [5.41, 5.74) is 0.967. The first-order valence-corrected chi connectivity index (χ1v) is 10.7. The fraction of sp³-hybridized carbons (Fsp3) is 0.350. The number of piperidine rings is 1. The fourth-order valence-corrected chi connectivity index (χ4v) is 5.37. The van der Waals surface area contributed by atoms with Gasteiger partial charge in [-0.25, -0.2) is 8.42 Å². The van der Waals surface area contributed by atoms with Crippen molar-refractivity contribution in [2.75, 3.05) is 18.4 Å². The van der Waals surface area contributed by atoms with Gasteiger partial charge in [0.2, 0.25) is 10.0 Å². The van der Waals surface area contributed by atoms with E-state index in [0.717, 1.165) is 6.42 Å². The van der Waals surface area contributed by atoms with Gasteiger partial charge in [0.05, 0.1) is 4.90 Å². The highest BCUT2D eigenvalue weighted by atomic mass is 35.5. The number of amides is 1. The van der Waals surface area contributed by atoms with Gasteiger partial charge in [0.15, 0.2) is 0 Å². The van der Waals surface area contributed by atoms with Gasteiger partial charge >= 0.3 is 0 Å². The summed E-state index contributed by atoms with van der Waals surface area (Å²) in [6.45, 7) is 5.20. The molecule has 1 fully saturated rings. The lowest BCUT2D eigenvalue weighted by atomic mass is 9.94. The first kappa shape index (κ1) is 19.9. The summed E-state index contributed by atoms with van der Waals surface area (Å²) in [7, 11) is -3.55. The van der Waals surface area contributed by atoms with Crippen LogP contribution in [0.5, 0.6) is 0 Å². The molecule has 0 saturated carbocycles. The van der Waals surface area contributed by atoms with E-state index in [1.165, 1.54) is 24.3 Å². The number of carbonyl (C=O) groups is 1. The Hall–Kier alpha value is -1.89. The first-order chi connectivity index (χ1) is 12.8. The number of hydrogen-bond acceptors (Lipinski definition) is 3. The highest BCUT2D eigenvalue weighted by Crippen LogP contribution is 2.27. The van der Waals surface area contributed by atoms with Crippen LogP contribution in [0.25, 0.3) is 0 Å². The molecule has 2 atom stereocenters. The van der Waals surface area contributed by atoms with Crippen LogP contribution < -0.4 is 5.32 Å². The summed E-state index contributed by atoms with van der Waals surface area (Å²) in [5.74, 6) is 0.360. The Morgan fingerprint density at radius 3 is 2.30 bits per heavy atom. The van der Waals surface area contributed by atoms with Gasteiger partial charge in [-0.15, -0.1) is 0 Å². The van der Waals surface area contributed by atoms with Crippen LogP contribution >= 0.6 is 11.6 Å². The molecular formula is C20H23ClN2O3S. The second-order valence-electron chi connectivity index (χ2n) is 7.26. The van der Waals surface area contributed by atoms with Crippen LogP contribution in [0.4, 0.5) is 5.69 Å². The molecule has 1 aliphatic heterocycles. The Bertz CT molecular complexity index is 918. The summed E-state index contributed by atoms with van der Waals surface area (Å²) in [6.07, 6.45) is 1.04. The number of sulfonamides is 1. The monoisotopic (exact) mass is 406 g/mol. The molecule has 7 heteroatoms. The largest absolute Gasteiger partial charge is 0.322 e. The van der Waals surface area contributed by atoms with Crippen molar-refractivity contribution >= 4 is 33.2 Å². The van der Waals surface area contributed by atoms with Crippen LogP contribution in [-0.4, -0.2) is 31.7 Å². The van der Waals surface area contributed by atoms with Gasteiger partial charge < -0.3 is 5.32 Å². The standard InChI is InChI=1S/C20H23ClN2O3S/c1-14-10-15(2)13-23(12-14)27(25,26)19-8-6-16(7-9-19)20(24)22-18-5-3-4-17(21)11-18/h3-9,11,14-15H,10,12-13H2,1-2H3,(H,22,24)/t14-,15-/m0/s1. The molecule has 2 aromatic carbocycles. The van der Waals surface area contributed by atoms with E-state index in [2.05, 4.69) is 19.2 Å². The van der Waals surface area contributed by atoms with E-state index < -0.39 is 10.0 Å². The number of nitrogens with one attached hydrogen (secondary N) is 1. The molecule has 1 N–H and O–H groups in total. The van der Waals surface area contributed by atoms with E-state index in [1.54, 1.807) is 28.6 Å². The maximum atomic E-state index is 12.9. The van der Waals surface area contributed by atoms with Crippen molar-refractivity contribution < 1.29 is 13.2 Å². The lowest BCUT2D eigenvalue weighted by molar-refractivity contribution is 0.102. The Labute approximate surface area is 165 Å². The van der Waals surface area contributed by atoms with Crippen molar-refractivity contribution in [2.24, 2.45) is 11.8 Å². The molecule has 0 aromatic heterocycles. The number of halogens is 1. The molecular weight excluding hydrogens is 384 g/mol. The average Bonchev–Trinajstić information content (AvgIpc) is 2.61. The van der Waals surface area contributed by atoms with Gasteiger partial charge in [0, 0.05) is 29.4 Å². The Kier molecular flexibility index (Phi) is 5.89. The van der Waals surface area contributed by atoms with Crippen LogP contribution in [0.1, 0.15) is 30.6 Å². The third-order valence-corrected chi connectivity index (χ3v) is 6.75. The molecule has 144 valence electrons. The van der Waals surface area contributed by atoms with Crippen molar-refractivity contribution in [3.63, 3.8) is 0 Å². The molecule has 0 aliphatic carbocycles. The van der Waals surface area contributed by atoms with Crippen LogP contribution in [0.15, 0.2) is 53.4 Å². The van der Waals surface area contributed by atoms with Crippen molar-refractivity contribution in [3.05, 3.63) is 59.1 Å². The predicted octanol–water partition coefficient (Wildman–Crippen LogP) is 4.26. The van der Waals surface area contributed by atoms with Gasteiger partial charge in [-0.1, -0.05) is 31.5 Å². The van der Waals surface area contributed by atoms with E-state index in [0.29, 0.717) is 41.2 Å². The van der Waals surface area contributed by atoms with Gasteiger partial charge in [-0.2, -0.15) is 4.31 Å². The zero-order valence-electron chi connectivity index (χ0n) is 15.4. The number of carbonyl (C=O) groups excluding carboxylic acids is 1. The second-order valence-corrected chi connectivity index (χ2v) is 9.63. The van der Waals surface area contributed by atoms with Crippen LogP contribution in [0, 0.1) is 11.8 Å². The molecule has 1 heterocycles. The fourth-order valence-electron chi connectivity index (χ4n) is 3.50. The maximum absolute atomic E-state index is 12.9. The van der Waals surface area contributed by atoms with Crippen LogP contribution in [-0.2, 0) is 10.0 Å². The maximum Gasteiger partial charge on any atom is 0.255 e. The second kappa shape index (κ2) is 8.00. The Morgan fingerprint density at radius 2 is 1.70 bits per heavy atom. The van der Waals surface area contributed by atoms with Gasteiger partial charge in [-0.05, 0) is 60.7 Å². The van der Waals surface area contributed by atoms with E-state index in [9.17, 15) is 13.2 Å². The van der Waals surface area contributed by atoms with Crippen molar-refractivity contribution in [1.29, 1.82) is 0 Å². The molecule has 1 amide bonds. The SMILES string of the molecule is C[C@H]1C[C@H](C)CN(S(=O)(=O)c2ccc(C(=O)Nc3cccc(Cl)c3)cc2)C1. The molecule has 5 nitrogen and oxygen atoms in total. The van der Waals surface area contributed by atoms with Crippen molar-refractivity contribution in [2.45, 2.75) is 25.2 Å². The summed E-state index contributed by atoms with van der Waals surface area (Å²) in [5, 5.41) is 3.28. The lowest BCUT2D eigenvalue weighted by Gasteiger charge is -2.34. The number of nitrogens with zero attached hydrogens (tertiary/aromatic N) is 1. The normalized spacial score (nSPS) is 21.0. The highest BCUT2D eigenvalue weighted by molar-refractivity contribution is 7.89. The van der Waals surface area contributed by atoms with Gasteiger partial charge in [-0.3, -0.25) is 4.79 Å². The minimum Gasteiger partial charge on any atom is -0.322 e. The molecule has 1 saturated heterocycles. The van der Waals surface area contributed by atoms with E-state index in [4.69, 9.17) is 11.6 Å².